The van der Waals surface area contributed by atoms with Crippen molar-refractivity contribution in [1.82, 2.24) is 10.6 Å². The SMILES string of the molecule is Cl.O=C1CC(c2ccccc2)CC(=O)C1=CNCC1CCNCC1. The van der Waals surface area contributed by atoms with Crippen molar-refractivity contribution in [3.63, 3.8) is 0 Å². The molecule has 4 nitrogen and oxygen atoms in total. The number of piperidine rings is 1. The van der Waals surface area contributed by atoms with Crippen LogP contribution in [-0.2, 0) is 9.59 Å². The van der Waals surface area contributed by atoms with Crippen LogP contribution >= 0.6 is 12.4 Å². The van der Waals surface area contributed by atoms with Crippen LogP contribution in [0.25, 0.3) is 0 Å². The largest absolute Gasteiger partial charge is 0.390 e. The van der Waals surface area contributed by atoms with Gasteiger partial charge in [-0.3, -0.25) is 9.59 Å². The van der Waals surface area contributed by atoms with E-state index >= 15 is 0 Å². The molecule has 0 aromatic heterocycles. The Bertz CT molecular complexity index is 575. The van der Waals surface area contributed by atoms with Crippen molar-refractivity contribution >= 4 is 24.0 Å². The smallest absolute Gasteiger partial charge is 0.168 e. The molecule has 0 unspecified atom stereocenters. The molecule has 1 saturated heterocycles. The Morgan fingerprint density at radius 2 is 1.67 bits per heavy atom. The maximum atomic E-state index is 12.3. The van der Waals surface area contributed by atoms with Crippen LogP contribution < -0.4 is 10.6 Å². The van der Waals surface area contributed by atoms with Gasteiger partial charge in [0.25, 0.3) is 0 Å². The summed E-state index contributed by atoms with van der Waals surface area (Å²) < 4.78 is 0. The quantitative estimate of drug-likeness (QED) is 0.648. The van der Waals surface area contributed by atoms with E-state index in [0.29, 0.717) is 24.3 Å². The molecule has 0 radical (unpaired) electrons. The predicted octanol–water partition coefficient (Wildman–Crippen LogP) is 2.60. The van der Waals surface area contributed by atoms with E-state index in [0.717, 1.165) is 38.0 Å². The van der Waals surface area contributed by atoms with Gasteiger partial charge < -0.3 is 10.6 Å². The molecule has 1 aliphatic heterocycles. The van der Waals surface area contributed by atoms with Gasteiger partial charge in [-0.15, -0.1) is 12.4 Å². The van der Waals surface area contributed by atoms with Crippen LogP contribution in [-0.4, -0.2) is 31.2 Å². The third-order valence-electron chi connectivity index (χ3n) is 4.85. The van der Waals surface area contributed by atoms with Crippen molar-refractivity contribution in [2.75, 3.05) is 19.6 Å². The monoisotopic (exact) mass is 348 g/mol. The molecular weight excluding hydrogens is 324 g/mol. The van der Waals surface area contributed by atoms with Crippen LogP contribution in [0.15, 0.2) is 42.1 Å². The van der Waals surface area contributed by atoms with Gasteiger partial charge in [0.05, 0.1) is 5.57 Å². The molecule has 2 N–H and O–H groups in total. The molecule has 1 saturated carbocycles. The summed E-state index contributed by atoms with van der Waals surface area (Å²) in [6.45, 7) is 2.95. The normalized spacial score (nSPS) is 22.0. The van der Waals surface area contributed by atoms with E-state index in [2.05, 4.69) is 10.6 Å². The number of hydrogen-bond acceptors (Lipinski definition) is 4. The Balaban J connectivity index is 0.00000208. The number of hydrogen-bond donors (Lipinski definition) is 2. The van der Waals surface area contributed by atoms with Gasteiger partial charge in [0.1, 0.15) is 0 Å². The summed E-state index contributed by atoms with van der Waals surface area (Å²) in [5.74, 6) is 0.581. The highest BCUT2D eigenvalue weighted by Crippen LogP contribution is 2.31. The van der Waals surface area contributed by atoms with Gasteiger partial charge in [0.15, 0.2) is 11.6 Å². The third kappa shape index (κ3) is 4.68. The number of nitrogens with one attached hydrogen (secondary N) is 2. The van der Waals surface area contributed by atoms with Crippen molar-refractivity contribution in [2.24, 2.45) is 5.92 Å². The summed E-state index contributed by atoms with van der Waals surface area (Å²) in [6, 6.07) is 9.85. The van der Waals surface area contributed by atoms with Gasteiger partial charge >= 0.3 is 0 Å². The second kappa shape index (κ2) is 9.00. The number of rotatable bonds is 4. The van der Waals surface area contributed by atoms with Crippen molar-refractivity contribution in [1.29, 1.82) is 0 Å². The lowest BCUT2D eigenvalue weighted by atomic mass is 9.80. The Kier molecular flexibility index (Phi) is 7.00. The second-order valence-electron chi connectivity index (χ2n) is 6.52. The van der Waals surface area contributed by atoms with Gasteiger partial charge in [0, 0.05) is 25.6 Å². The molecule has 1 aromatic rings. The topological polar surface area (TPSA) is 58.2 Å². The fourth-order valence-corrected chi connectivity index (χ4v) is 3.43. The minimum atomic E-state index is -0.0343. The first-order valence-electron chi connectivity index (χ1n) is 8.49. The Morgan fingerprint density at radius 3 is 2.29 bits per heavy atom. The maximum absolute atomic E-state index is 12.3. The number of carbonyl (C=O) groups excluding carboxylic acids is 2. The third-order valence-corrected chi connectivity index (χ3v) is 4.85. The molecule has 5 heteroatoms. The average molecular weight is 349 g/mol. The Labute approximate surface area is 149 Å². The lowest BCUT2D eigenvalue weighted by Gasteiger charge is -2.24. The lowest BCUT2D eigenvalue weighted by Crippen LogP contribution is -2.33. The van der Waals surface area contributed by atoms with Crippen LogP contribution in [0.2, 0.25) is 0 Å². The van der Waals surface area contributed by atoms with Crippen molar-refractivity contribution < 1.29 is 9.59 Å². The molecule has 1 heterocycles. The summed E-state index contributed by atoms with van der Waals surface area (Å²) in [5, 5.41) is 6.55. The van der Waals surface area contributed by atoms with Gasteiger partial charge in [-0.05, 0) is 43.3 Å². The molecular formula is C19H25ClN2O2. The number of allylic oxidation sites excluding steroid dienone is 1. The summed E-state index contributed by atoms with van der Waals surface area (Å²) in [5.41, 5.74) is 1.43. The zero-order valence-electron chi connectivity index (χ0n) is 13.8. The molecule has 2 fully saturated rings. The molecule has 3 rings (SSSR count). The van der Waals surface area contributed by atoms with Gasteiger partial charge in [-0.25, -0.2) is 0 Å². The molecule has 0 atom stereocenters. The van der Waals surface area contributed by atoms with E-state index in [1.807, 2.05) is 30.3 Å². The van der Waals surface area contributed by atoms with Crippen LogP contribution in [0.1, 0.15) is 37.2 Å². The average Bonchev–Trinajstić information content (AvgIpc) is 2.59. The highest BCUT2D eigenvalue weighted by Gasteiger charge is 2.31. The highest BCUT2D eigenvalue weighted by atomic mass is 35.5. The lowest BCUT2D eigenvalue weighted by molar-refractivity contribution is -0.124. The van der Waals surface area contributed by atoms with E-state index in [-0.39, 0.29) is 29.9 Å². The van der Waals surface area contributed by atoms with E-state index in [1.165, 1.54) is 0 Å². The first-order valence-corrected chi connectivity index (χ1v) is 8.49. The molecule has 2 aliphatic rings. The summed E-state index contributed by atoms with van der Waals surface area (Å²) >= 11 is 0. The number of Topliss-reactive ketones (excluding diaryl/α,β-unsaturated/α-hetero) is 2. The standard InChI is InChI=1S/C19H24N2O2.ClH/c22-18-10-16(15-4-2-1-3-5-15)11-19(23)17(18)13-21-12-14-6-8-20-9-7-14;/h1-5,13-14,16,20-21H,6-12H2;1H. The van der Waals surface area contributed by atoms with Crippen LogP contribution in [0.4, 0.5) is 0 Å². The summed E-state index contributed by atoms with van der Waals surface area (Å²) in [7, 11) is 0. The van der Waals surface area contributed by atoms with Crippen LogP contribution in [0.3, 0.4) is 0 Å². The molecule has 1 aliphatic carbocycles. The predicted molar refractivity (Wildman–Crippen MR) is 97.4 cm³/mol. The molecule has 0 bridgehead atoms. The van der Waals surface area contributed by atoms with E-state index in [1.54, 1.807) is 6.20 Å². The number of carbonyl (C=O) groups is 2. The zero-order valence-corrected chi connectivity index (χ0v) is 14.6. The van der Waals surface area contributed by atoms with Crippen LogP contribution in [0, 0.1) is 5.92 Å². The first-order chi connectivity index (χ1) is 11.2. The van der Waals surface area contributed by atoms with Crippen molar-refractivity contribution in [3.05, 3.63) is 47.7 Å². The molecule has 130 valence electrons. The van der Waals surface area contributed by atoms with Crippen molar-refractivity contribution in [2.45, 2.75) is 31.6 Å². The summed E-state index contributed by atoms with van der Waals surface area (Å²) in [4.78, 5) is 24.7. The fourth-order valence-electron chi connectivity index (χ4n) is 3.43. The van der Waals surface area contributed by atoms with Gasteiger partial charge in [-0.2, -0.15) is 0 Å². The Hall–Kier alpha value is -1.65. The van der Waals surface area contributed by atoms with Gasteiger partial charge in [-0.1, -0.05) is 30.3 Å². The summed E-state index contributed by atoms with van der Waals surface area (Å²) in [6.07, 6.45) is 4.81. The van der Waals surface area contributed by atoms with E-state index in [4.69, 9.17) is 0 Å². The molecule has 0 amide bonds. The molecule has 24 heavy (non-hydrogen) atoms. The Morgan fingerprint density at radius 1 is 1.04 bits per heavy atom. The molecule has 1 aromatic carbocycles. The zero-order chi connectivity index (χ0) is 16.1. The fraction of sp³-hybridized carbons (Fsp3) is 0.474. The van der Waals surface area contributed by atoms with Crippen molar-refractivity contribution in [3.8, 4) is 0 Å². The molecule has 0 spiro atoms. The van der Waals surface area contributed by atoms with Gasteiger partial charge in [0.2, 0.25) is 0 Å². The number of halogens is 1. The van der Waals surface area contributed by atoms with E-state index in [9.17, 15) is 9.59 Å². The minimum absolute atomic E-state index is 0. The highest BCUT2D eigenvalue weighted by molar-refractivity contribution is 6.22. The number of benzene rings is 1. The maximum Gasteiger partial charge on any atom is 0.168 e. The van der Waals surface area contributed by atoms with E-state index < -0.39 is 0 Å². The first kappa shape index (κ1) is 18.7. The second-order valence-corrected chi connectivity index (χ2v) is 6.52. The van der Waals surface area contributed by atoms with Crippen LogP contribution in [0.5, 0.6) is 0 Å². The minimum Gasteiger partial charge on any atom is -0.390 e. The number of ketones is 2.